The van der Waals surface area contributed by atoms with E-state index in [9.17, 15) is 0 Å². The van der Waals surface area contributed by atoms with Crippen molar-refractivity contribution in [2.45, 2.75) is 25.3 Å². The van der Waals surface area contributed by atoms with Crippen LogP contribution in [0.25, 0.3) is 0 Å². The Morgan fingerprint density at radius 2 is 2.00 bits per heavy atom. The second-order valence-corrected chi connectivity index (χ2v) is 5.53. The molecule has 1 aliphatic heterocycles. The zero-order chi connectivity index (χ0) is 10.7. The zero-order valence-electron chi connectivity index (χ0n) is 10.2. The molecule has 1 saturated heterocycles. The van der Waals surface area contributed by atoms with Crippen LogP contribution in [0.4, 0.5) is 0 Å². The van der Waals surface area contributed by atoms with Crippen molar-refractivity contribution in [3.8, 4) is 0 Å². The molecule has 15 heavy (non-hydrogen) atoms. The molecule has 1 aliphatic carbocycles. The molecule has 1 heterocycles. The van der Waals surface area contributed by atoms with Crippen LogP contribution in [-0.4, -0.2) is 57.5 Å². The Hall–Kier alpha value is -0.120. The van der Waals surface area contributed by atoms with E-state index in [1.165, 1.54) is 43.4 Å². The Bertz CT molecular complexity index is 202. The number of hydrogen-bond acceptors (Lipinski definition) is 2. The van der Waals surface area contributed by atoms with E-state index in [-0.39, 0.29) is 0 Å². The maximum Gasteiger partial charge on any atom is 0.102 e. The lowest BCUT2D eigenvalue weighted by atomic mass is 10.1. The quantitative estimate of drug-likeness (QED) is 0.702. The van der Waals surface area contributed by atoms with Crippen molar-refractivity contribution in [3.63, 3.8) is 0 Å². The summed E-state index contributed by atoms with van der Waals surface area (Å²) < 4.78 is 6.68. The standard InChI is InChI=1S/C12H25N2O/c1-13-12-4-3-11(9-12)10-14(2)5-7-15-8-6-14/h11-13H,3-10H2,1-2H3/q+1. The monoisotopic (exact) mass is 213 g/mol. The smallest absolute Gasteiger partial charge is 0.102 e. The van der Waals surface area contributed by atoms with E-state index in [4.69, 9.17) is 4.74 Å². The first kappa shape index (κ1) is 11.4. The summed E-state index contributed by atoms with van der Waals surface area (Å²) in [6, 6.07) is 0.780. The maximum absolute atomic E-state index is 5.44. The minimum absolute atomic E-state index is 0.780. The van der Waals surface area contributed by atoms with E-state index in [0.29, 0.717) is 0 Å². The molecule has 0 spiro atoms. The van der Waals surface area contributed by atoms with Crippen LogP contribution in [0.15, 0.2) is 0 Å². The lowest BCUT2D eigenvalue weighted by Gasteiger charge is -2.39. The molecule has 2 aliphatic rings. The number of likely N-dealkylation sites (N-methyl/N-ethyl adjacent to an activating group) is 1. The Labute approximate surface area is 93.4 Å². The van der Waals surface area contributed by atoms with Gasteiger partial charge in [0.25, 0.3) is 0 Å². The summed E-state index contributed by atoms with van der Waals surface area (Å²) in [6.45, 7) is 5.69. The highest BCUT2D eigenvalue weighted by atomic mass is 16.5. The number of nitrogens with one attached hydrogen (secondary N) is 1. The van der Waals surface area contributed by atoms with Gasteiger partial charge in [-0.2, -0.15) is 0 Å². The van der Waals surface area contributed by atoms with Crippen molar-refractivity contribution in [1.29, 1.82) is 0 Å². The summed E-state index contributed by atoms with van der Waals surface area (Å²) in [4.78, 5) is 0. The van der Waals surface area contributed by atoms with Gasteiger partial charge in [0.2, 0.25) is 0 Å². The number of hydrogen-bond donors (Lipinski definition) is 1. The van der Waals surface area contributed by atoms with E-state index in [0.717, 1.165) is 25.2 Å². The maximum atomic E-state index is 5.44. The molecule has 0 amide bonds. The third kappa shape index (κ3) is 2.92. The first-order valence-electron chi connectivity index (χ1n) is 6.30. The van der Waals surface area contributed by atoms with Crippen LogP contribution in [0.2, 0.25) is 0 Å². The lowest BCUT2D eigenvalue weighted by molar-refractivity contribution is -0.919. The third-order valence-corrected chi connectivity index (χ3v) is 4.20. The minimum Gasteiger partial charge on any atom is -0.370 e. The second kappa shape index (κ2) is 4.81. The van der Waals surface area contributed by atoms with Crippen LogP contribution in [0.1, 0.15) is 19.3 Å². The van der Waals surface area contributed by atoms with Crippen LogP contribution < -0.4 is 5.32 Å². The molecule has 0 aromatic carbocycles. The molecule has 0 radical (unpaired) electrons. The molecule has 0 bridgehead atoms. The summed E-state index contributed by atoms with van der Waals surface area (Å²) in [5, 5.41) is 3.41. The van der Waals surface area contributed by atoms with E-state index >= 15 is 0 Å². The van der Waals surface area contributed by atoms with Gasteiger partial charge in [0.1, 0.15) is 13.1 Å². The van der Waals surface area contributed by atoms with Crippen molar-refractivity contribution >= 4 is 0 Å². The number of ether oxygens (including phenoxy) is 1. The predicted octanol–water partition coefficient (Wildman–Crippen LogP) is 0.851. The first-order valence-corrected chi connectivity index (χ1v) is 6.30. The Balaban J connectivity index is 1.80. The summed E-state index contributed by atoms with van der Waals surface area (Å²) in [6.07, 6.45) is 4.17. The largest absolute Gasteiger partial charge is 0.370 e. The van der Waals surface area contributed by atoms with Crippen molar-refractivity contribution in [3.05, 3.63) is 0 Å². The van der Waals surface area contributed by atoms with Crippen LogP contribution in [-0.2, 0) is 4.74 Å². The van der Waals surface area contributed by atoms with Gasteiger partial charge in [-0.1, -0.05) is 0 Å². The molecule has 2 unspecified atom stereocenters. The number of nitrogens with zero attached hydrogens (tertiary/aromatic N) is 1. The average Bonchev–Trinajstić information content (AvgIpc) is 2.66. The zero-order valence-corrected chi connectivity index (χ0v) is 10.2. The highest BCUT2D eigenvalue weighted by Crippen LogP contribution is 2.28. The Morgan fingerprint density at radius 1 is 1.27 bits per heavy atom. The molecule has 2 atom stereocenters. The van der Waals surface area contributed by atoms with Crippen LogP contribution in [0.3, 0.4) is 0 Å². The van der Waals surface area contributed by atoms with Crippen molar-refractivity contribution in [2.75, 3.05) is 46.9 Å². The van der Waals surface area contributed by atoms with Gasteiger partial charge in [-0.3, -0.25) is 0 Å². The van der Waals surface area contributed by atoms with Gasteiger partial charge >= 0.3 is 0 Å². The Kier molecular flexibility index (Phi) is 3.65. The van der Waals surface area contributed by atoms with Gasteiger partial charge < -0.3 is 14.5 Å². The summed E-state index contributed by atoms with van der Waals surface area (Å²) in [7, 11) is 4.49. The molecule has 2 fully saturated rings. The van der Waals surface area contributed by atoms with Gasteiger partial charge in [0, 0.05) is 12.0 Å². The Morgan fingerprint density at radius 3 is 2.60 bits per heavy atom. The molecular weight excluding hydrogens is 188 g/mol. The molecular formula is C12H25N2O+. The highest BCUT2D eigenvalue weighted by Gasteiger charge is 2.32. The second-order valence-electron chi connectivity index (χ2n) is 5.53. The number of morpholine rings is 1. The van der Waals surface area contributed by atoms with Gasteiger partial charge in [-0.25, -0.2) is 0 Å². The first-order chi connectivity index (χ1) is 7.22. The van der Waals surface area contributed by atoms with Crippen molar-refractivity contribution in [1.82, 2.24) is 5.32 Å². The topological polar surface area (TPSA) is 21.3 Å². The van der Waals surface area contributed by atoms with E-state index in [2.05, 4.69) is 19.4 Å². The summed E-state index contributed by atoms with van der Waals surface area (Å²) >= 11 is 0. The number of quaternary nitrogens is 1. The average molecular weight is 213 g/mol. The van der Waals surface area contributed by atoms with Gasteiger partial charge in [0.15, 0.2) is 0 Å². The molecule has 3 heteroatoms. The van der Waals surface area contributed by atoms with Crippen molar-refractivity contribution < 1.29 is 9.22 Å². The fourth-order valence-corrected chi connectivity index (χ4v) is 3.09. The van der Waals surface area contributed by atoms with Crippen molar-refractivity contribution in [2.24, 2.45) is 5.92 Å². The van der Waals surface area contributed by atoms with Crippen LogP contribution >= 0.6 is 0 Å². The van der Waals surface area contributed by atoms with E-state index in [1.54, 1.807) is 0 Å². The highest BCUT2D eigenvalue weighted by molar-refractivity contribution is 4.79. The normalized spacial score (nSPS) is 35.6. The fraction of sp³-hybridized carbons (Fsp3) is 1.00. The summed E-state index contributed by atoms with van der Waals surface area (Å²) in [5.41, 5.74) is 0. The van der Waals surface area contributed by atoms with Crippen LogP contribution in [0.5, 0.6) is 0 Å². The minimum atomic E-state index is 0.780. The molecule has 1 saturated carbocycles. The fourth-order valence-electron chi connectivity index (χ4n) is 3.09. The third-order valence-electron chi connectivity index (χ3n) is 4.20. The molecule has 2 rings (SSSR count). The molecule has 88 valence electrons. The number of rotatable bonds is 3. The molecule has 3 nitrogen and oxygen atoms in total. The lowest BCUT2D eigenvalue weighted by Crippen LogP contribution is -2.54. The van der Waals surface area contributed by atoms with Crippen LogP contribution in [0, 0.1) is 5.92 Å². The van der Waals surface area contributed by atoms with Gasteiger partial charge in [-0.05, 0) is 26.3 Å². The summed E-state index contributed by atoms with van der Waals surface area (Å²) in [5.74, 6) is 0.936. The van der Waals surface area contributed by atoms with Gasteiger partial charge in [0.05, 0.1) is 26.8 Å². The van der Waals surface area contributed by atoms with Gasteiger partial charge in [-0.15, -0.1) is 0 Å². The van der Waals surface area contributed by atoms with E-state index in [1.807, 2.05) is 0 Å². The SMILES string of the molecule is CNC1CCC(C[N+]2(C)CCOCC2)C1. The van der Waals surface area contributed by atoms with E-state index < -0.39 is 0 Å². The molecule has 0 aromatic rings. The molecule has 1 N–H and O–H groups in total. The predicted molar refractivity (Wildman–Crippen MR) is 61.8 cm³/mol. The molecule has 0 aromatic heterocycles.